The van der Waals surface area contributed by atoms with Gasteiger partial charge >= 0.3 is 11.9 Å². The Morgan fingerprint density at radius 1 is 0.673 bits per heavy atom. The molecular weight excluding hydrogens is 720 g/mol. The monoisotopic (exact) mass is 776 g/mol. The molecular formula is C35H56N10O10. The summed E-state index contributed by atoms with van der Waals surface area (Å²) in [5, 5.41) is 31.3. The van der Waals surface area contributed by atoms with Gasteiger partial charge in [0.25, 0.3) is 0 Å². The molecule has 0 bridgehead atoms. The lowest BCUT2D eigenvalue weighted by Gasteiger charge is -2.29. The Hall–Kier alpha value is -5.79. The summed E-state index contributed by atoms with van der Waals surface area (Å²) in [6.07, 6.45) is -0.530. The third kappa shape index (κ3) is 17.3. The number of nitrogens with zero attached hydrogens (tertiary/aromatic N) is 1. The van der Waals surface area contributed by atoms with Gasteiger partial charge in [-0.2, -0.15) is 0 Å². The molecule has 0 spiro atoms. The van der Waals surface area contributed by atoms with E-state index in [9.17, 15) is 48.6 Å². The van der Waals surface area contributed by atoms with E-state index in [1.807, 2.05) is 0 Å². The third-order valence-electron chi connectivity index (χ3n) is 8.84. The van der Waals surface area contributed by atoms with Crippen molar-refractivity contribution in [2.45, 2.75) is 109 Å². The van der Waals surface area contributed by atoms with Crippen molar-refractivity contribution >= 4 is 53.3 Å². The van der Waals surface area contributed by atoms with Gasteiger partial charge in [0.2, 0.25) is 35.4 Å². The lowest BCUT2D eigenvalue weighted by atomic mass is 9.96. The molecule has 8 atom stereocenters. The first kappa shape index (κ1) is 47.2. The van der Waals surface area contributed by atoms with Crippen molar-refractivity contribution in [1.82, 2.24) is 26.6 Å². The molecule has 1 rings (SSSR count). The quantitative estimate of drug-likeness (QED) is 0.0280. The average molecular weight is 777 g/mol. The van der Waals surface area contributed by atoms with E-state index in [0.29, 0.717) is 18.4 Å². The Balaban J connectivity index is 3.32. The summed E-state index contributed by atoms with van der Waals surface area (Å²) >= 11 is 0. The zero-order chi connectivity index (χ0) is 41.8. The molecule has 0 saturated heterocycles. The van der Waals surface area contributed by atoms with Crippen LogP contribution in [0.4, 0.5) is 0 Å². The summed E-state index contributed by atoms with van der Waals surface area (Å²) in [7, 11) is 0. The number of hydrogen-bond acceptors (Lipinski definition) is 10. The molecule has 306 valence electrons. The first-order chi connectivity index (χ1) is 25.8. The number of amides is 6. The fraction of sp³-hybridized carbons (Fsp3) is 0.571. The predicted molar refractivity (Wildman–Crippen MR) is 200 cm³/mol. The van der Waals surface area contributed by atoms with Crippen LogP contribution in [0, 0.1) is 11.8 Å². The van der Waals surface area contributed by atoms with Gasteiger partial charge in [0.1, 0.15) is 30.2 Å². The number of rotatable bonds is 25. The van der Waals surface area contributed by atoms with Crippen molar-refractivity contribution in [2.24, 2.45) is 39.8 Å². The van der Waals surface area contributed by atoms with Gasteiger partial charge in [0.15, 0.2) is 5.96 Å². The number of benzene rings is 1. The van der Waals surface area contributed by atoms with Gasteiger partial charge < -0.3 is 59.7 Å². The number of carbonyl (C=O) groups is 8. The van der Waals surface area contributed by atoms with E-state index in [2.05, 4.69) is 31.6 Å². The van der Waals surface area contributed by atoms with Crippen molar-refractivity contribution < 1.29 is 48.6 Å². The minimum Gasteiger partial charge on any atom is -0.481 e. The number of carboxylic acids is 2. The van der Waals surface area contributed by atoms with Crippen LogP contribution < -0.4 is 49.5 Å². The molecule has 20 nitrogen and oxygen atoms in total. The summed E-state index contributed by atoms with van der Waals surface area (Å²) in [5.41, 5.74) is 22.6. The number of carboxylic acid groups (broad SMARTS) is 2. The van der Waals surface area contributed by atoms with Crippen LogP contribution in [0.3, 0.4) is 0 Å². The maximum Gasteiger partial charge on any atom is 0.326 e. The normalized spacial score (nSPS) is 15.2. The van der Waals surface area contributed by atoms with E-state index in [4.69, 9.17) is 22.9 Å². The molecule has 15 N–H and O–H groups in total. The average Bonchev–Trinajstić information content (AvgIpc) is 3.12. The number of hydrogen-bond donors (Lipinski definition) is 11. The zero-order valence-electron chi connectivity index (χ0n) is 31.6. The molecule has 6 amide bonds. The smallest absolute Gasteiger partial charge is 0.326 e. The van der Waals surface area contributed by atoms with E-state index in [1.165, 1.54) is 0 Å². The number of nitrogens with two attached hydrogens (primary N) is 4. The minimum absolute atomic E-state index is 0.0679. The number of primary amides is 1. The summed E-state index contributed by atoms with van der Waals surface area (Å²) < 4.78 is 0. The molecule has 0 radical (unpaired) electrons. The lowest BCUT2D eigenvalue weighted by molar-refractivity contribution is -0.144. The highest BCUT2D eigenvalue weighted by Gasteiger charge is 2.36. The van der Waals surface area contributed by atoms with Crippen LogP contribution in [0.15, 0.2) is 35.3 Å². The van der Waals surface area contributed by atoms with Gasteiger partial charge in [0.05, 0.1) is 18.9 Å². The van der Waals surface area contributed by atoms with Crippen LogP contribution in [0.1, 0.15) is 71.8 Å². The Kier molecular flexibility index (Phi) is 20.4. The van der Waals surface area contributed by atoms with Crippen molar-refractivity contribution in [2.75, 3.05) is 6.54 Å². The molecule has 0 aliphatic heterocycles. The number of nitrogens with one attached hydrogen (secondary N) is 5. The molecule has 20 heteroatoms. The molecule has 0 unspecified atom stereocenters. The summed E-state index contributed by atoms with van der Waals surface area (Å²) in [6, 6.07) is -0.0401. The molecule has 1 aromatic rings. The van der Waals surface area contributed by atoms with Crippen molar-refractivity contribution in [3.8, 4) is 0 Å². The second-order valence-corrected chi connectivity index (χ2v) is 13.3. The predicted octanol–water partition coefficient (Wildman–Crippen LogP) is -2.44. The molecule has 0 aliphatic rings. The van der Waals surface area contributed by atoms with Crippen LogP contribution in [0.2, 0.25) is 0 Å². The Labute approximate surface area is 319 Å². The first-order valence-electron chi connectivity index (χ1n) is 17.9. The Bertz CT molecular complexity index is 1520. The second kappa shape index (κ2) is 23.8. The zero-order valence-corrected chi connectivity index (χ0v) is 31.6. The molecule has 0 aromatic heterocycles. The van der Waals surface area contributed by atoms with Crippen molar-refractivity contribution in [3.63, 3.8) is 0 Å². The summed E-state index contributed by atoms with van der Waals surface area (Å²) in [4.78, 5) is 107. The molecule has 1 aromatic carbocycles. The number of carbonyl (C=O) groups excluding carboxylic acids is 6. The molecule has 0 heterocycles. The van der Waals surface area contributed by atoms with Crippen LogP contribution in [0.25, 0.3) is 0 Å². The number of aliphatic imine (C=N–C) groups is 1. The molecule has 0 aliphatic carbocycles. The fourth-order valence-electron chi connectivity index (χ4n) is 5.21. The van der Waals surface area contributed by atoms with Gasteiger partial charge in [0, 0.05) is 13.0 Å². The van der Waals surface area contributed by atoms with Crippen LogP contribution in [0.5, 0.6) is 0 Å². The van der Waals surface area contributed by atoms with E-state index in [-0.39, 0.29) is 31.8 Å². The van der Waals surface area contributed by atoms with Gasteiger partial charge in [-0.3, -0.25) is 38.6 Å². The highest BCUT2D eigenvalue weighted by molar-refractivity contribution is 5.98. The Morgan fingerprint density at radius 3 is 1.67 bits per heavy atom. The van der Waals surface area contributed by atoms with Crippen LogP contribution >= 0.6 is 0 Å². The fourth-order valence-corrected chi connectivity index (χ4v) is 5.21. The topological polar surface area (TPSA) is 354 Å². The van der Waals surface area contributed by atoms with E-state index < -0.39 is 108 Å². The molecule has 55 heavy (non-hydrogen) atoms. The van der Waals surface area contributed by atoms with Gasteiger partial charge in [-0.05, 0) is 30.2 Å². The standard InChI is InChI=1S/C35H56N10O10/c1-5-18(3)27(33(53)43-23(16-25(37)46)31(51)45-28(34(54)55)19(4)6-2)44-32(52)24(17-26(47)48)42-30(50)22(15-20-11-8-7-9-12-20)41-29(49)21(36)13-10-14-40-35(38)39/h7-9,11-12,18-19,21-24,27-28H,5-6,10,13-17,36H2,1-4H3,(H2,37,46)(H,41,49)(H,42,50)(H,43,53)(H,44,52)(H,45,51)(H,47,48)(H,54,55)(H4,38,39,40)/t18-,19-,21-,22-,23-,24-,27-,28-/m0/s1. The summed E-state index contributed by atoms with van der Waals surface area (Å²) in [5.74, 6) is -9.80. The van der Waals surface area contributed by atoms with Gasteiger partial charge in [-0.25, -0.2) is 4.79 Å². The minimum atomic E-state index is -1.76. The van der Waals surface area contributed by atoms with Crippen LogP contribution in [-0.2, 0) is 44.8 Å². The SMILES string of the molecule is CC[C@H](C)[C@H](NC(=O)[C@H](CC(N)=O)NC(=O)[C@@H](NC(=O)[C@H](CC(=O)O)NC(=O)[C@H](Cc1ccccc1)NC(=O)[C@@H](N)CCCN=C(N)N)[C@@H](C)CC)C(=O)O. The van der Waals surface area contributed by atoms with Crippen molar-refractivity contribution in [1.29, 1.82) is 0 Å². The first-order valence-corrected chi connectivity index (χ1v) is 17.9. The van der Waals surface area contributed by atoms with E-state index in [0.717, 1.165) is 0 Å². The highest BCUT2D eigenvalue weighted by atomic mass is 16.4. The van der Waals surface area contributed by atoms with Gasteiger partial charge in [-0.15, -0.1) is 0 Å². The van der Waals surface area contributed by atoms with Crippen molar-refractivity contribution in [3.05, 3.63) is 35.9 Å². The van der Waals surface area contributed by atoms with E-state index >= 15 is 0 Å². The summed E-state index contributed by atoms with van der Waals surface area (Å²) in [6.45, 7) is 6.78. The largest absolute Gasteiger partial charge is 0.481 e. The number of guanidine groups is 1. The third-order valence-corrected chi connectivity index (χ3v) is 8.84. The maximum absolute atomic E-state index is 13.7. The number of aliphatic carboxylic acids is 2. The molecule has 0 fully saturated rings. The maximum atomic E-state index is 13.7. The van der Waals surface area contributed by atoms with E-state index in [1.54, 1.807) is 58.0 Å². The lowest BCUT2D eigenvalue weighted by Crippen LogP contribution is -2.61. The highest BCUT2D eigenvalue weighted by Crippen LogP contribution is 2.12. The van der Waals surface area contributed by atoms with Crippen LogP contribution in [-0.4, -0.2) is 106 Å². The Morgan fingerprint density at radius 2 is 1.16 bits per heavy atom. The van der Waals surface area contributed by atoms with Gasteiger partial charge in [-0.1, -0.05) is 70.9 Å². The second-order valence-electron chi connectivity index (χ2n) is 13.3. The molecule has 0 saturated carbocycles.